The smallest absolute Gasteiger partial charge is 0.231 e. The third-order valence-electron chi connectivity index (χ3n) is 5.63. The molecule has 0 spiro atoms. The Morgan fingerprint density at radius 2 is 2.07 bits per heavy atom. The summed E-state index contributed by atoms with van der Waals surface area (Å²) in [5.41, 5.74) is 2.44. The van der Waals surface area contributed by atoms with E-state index >= 15 is 0 Å². The Hall–Kier alpha value is -2.54. The Morgan fingerprint density at radius 1 is 1.15 bits per heavy atom. The van der Waals surface area contributed by atoms with Crippen molar-refractivity contribution in [2.45, 2.75) is 32.5 Å². The van der Waals surface area contributed by atoms with Gasteiger partial charge in [0.05, 0.1) is 5.69 Å². The second-order valence-corrected chi connectivity index (χ2v) is 7.67. The summed E-state index contributed by atoms with van der Waals surface area (Å²) < 4.78 is 13.0. The van der Waals surface area contributed by atoms with Crippen molar-refractivity contribution in [3.05, 3.63) is 41.7 Å². The van der Waals surface area contributed by atoms with Crippen LogP contribution >= 0.6 is 0 Å². The fraction of sp³-hybridized carbons (Fsp3) is 0.500. The van der Waals surface area contributed by atoms with E-state index in [2.05, 4.69) is 32.9 Å². The Bertz CT molecular complexity index is 850. The van der Waals surface area contributed by atoms with Crippen molar-refractivity contribution >= 4 is 5.91 Å². The van der Waals surface area contributed by atoms with Crippen molar-refractivity contribution in [3.8, 4) is 11.5 Å². The highest BCUT2D eigenvalue weighted by Gasteiger charge is 2.28. The first-order chi connectivity index (χ1) is 13.2. The zero-order chi connectivity index (χ0) is 18.2. The number of hydrogen-bond donors (Lipinski definition) is 0. The highest BCUT2D eigenvalue weighted by Crippen LogP contribution is 2.33. The Morgan fingerprint density at radius 3 is 2.96 bits per heavy atom. The van der Waals surface area contributed by atoms with Crippen LogP contribution in [0.3, 0.4) is 0 Å². The number of carbonyl (C=O) groups excluding carboxylic acids is 1. The molecule has 1 saturated heterocycles. The van der Waals surface area contributed by atoms with E-state index in [0.717, 1.165) is 57.2 Å². The van der Waals surface area contributed by atoms with Crippen LogP contribution in [0.25, 0.3) is 0 Å². The summed E-state index contributed by atoms with van der Waals surface area (Å²) in [5.74, 6) is 2.31. The molecule has 0 N–H and O–H groups in total. The van der Waals surface area contributed by atoms with E-state index in [4.69, 9.17) is 9.47 Å². The first-order valence-corrected chi connectivity index (χ1v) is 9.64. The van der Waals surface area contributed by atoms with Crippen LogP contribution in [0.1, 0.15) is 24.1 Å². The van der Waals surface area contributed by atoms with Crippen molar-refractivity contribution in [1.29, 1.82) is 0 Å². The molecule has 0 aliphatic carbocycles. The lowest BCUT2D eigenvalue weighted by atomic mass is 10.1. The van der Waals surface area contributed by atoms with E-state index in [9.17, 15) is 4.79 Å². The molecular weight excluding hydrogens is 344 g/mol. The maximum absolute atomic E-state index is 12.1. The van der Waals surface area contributed by atoms with E-state index in [1.54, 1.807) is 0 Å². The fourth-order valence-corrected chi connectivity index (χ4v) is 4.36. The van der Waals surface area contributed by atoms with Gasteiger partial charge in [-0.05, 0) is 30.2 Å². The molecule has 0 radical (unpaired) electrons. The zero-order valence-electron chi connectivity index (χ0n) is 15.3. The molecule has 7 nitrogen and oxygen atoms in total. The summed E-state index contributed by atoms with van der Waals surface area (Å²) in [6.07, 6.45) is 3.55. The average Bonchev–Trinajstić information content (AvgIpc) is 3.36. The van der Waals surface area contributed by atoms with Gasteiger partial charge in [-0.1, -0.05) is 6.07 Å². The molecule has 27 heavy (non-hydrogen) atoms. The number of hydrogen-bond acceptors (Lipinski definition) is 5. The number of benzene rings is 1. The summed E-state index contributed by atoms with van der Waals surface area (Å²) >= 11 is 0. The van der Waals surface area contributed by atoms with Crippen LogP contribution < -0.4 is 9.47 Å². The van der Waals surface area contributed by atoms with Crippen LogP contribution in [0.15, 0.2) is 30.5 Å². The Balaban J connectivity index is 1.34. The molecule has 1 atom stereocenters. The third kappa shape index (κ3) is 3.39. The molecular formula is C20H24N4O3. The van der Waals surface area contributed by atoms with Crippen LogP contribution in [0.4, 0.5) is 0 Å². The molecule has 1 amide bonds. The van der Waals surface area contributed by atoms with Gasteiger partial charge in [-0.25, -0.2) is 0 Å². The van der Waals surface area contributed by atoms with Gasteiger partial charge in [0.1, 0.15) is 0 Å². The van der Waals surface area contributed by atoms with Gasteiger partial charge in [0, 0.05) is 57.8 Å². The molecule has 0 bridgehead atoms. The summed E-state index contributed by atoms with van der Waals surface area (Å²) in [5, 5.41) is 4.50. The molecule has 1 aromatic heterocycles. The van der Waals surface area contributed by atoms with Gasteiger partial charge in [0.15, 0.2) is 11.5 Å². The minimum atomic E-state index is 0.294. The first-order valence-electron chi connectivity index (χ1n) is 9.64. The fourth-order valence-electron chi connectivity index (χ4n) is 4.36. The number of amides is 1. The monoisotopic (exact) mass is 368 g/mol. The van der Waals surface area contributed by atoms with Crippen molar-refractivity contribution in [1.82, 2.24) is 19.6 Å². The summed E-state index contributed by atoms with van der Waals surface area (Å²) in [7, 11) is 0. The van der Waals surface area contributed by atoms with Crippen LogP contribution in [-0.2, 0) is 24.4 Å². The molecule has 1 fully saturated rings. The lowest BCUT2D eigenvalue weighted by molar-refractivity contribution is -0.128. The second kappa shape index (κ2) is 6.88. The molecule has 5 rings (SSSR count). The van der Waals surface area contributed by atoms with Crippen molar-refractivity contribution in [3.63, 3.8) is 0 Å². The maximum atomic E-state index is 12.1. The third-order valence-corrected chi connectivity index (χ3v) is 5.63. The summed E-state index contributed by atoms with van der Waals surface area (Å²) in [6, 6.07) is 8.26. The number of carbonyl (C=O) groups is 1. The molecule has 1 unspecified atom stereocenters. The standard InChI is InChI=1S/C20H24N4O3/c25-20-2-1-7-23(20)11-16-10-22(13-17-5-6-21-24(17)12-16)9-15-3-4-18-19(8-15)27-14-26-18/h3-6,8,16H,1-2,7,9-14H2. The van der Waals surface area contributed by atoms with Gasteiger partial charge < -0.3 is 14.4 Å². The minimum Gasteiger partial charge on any atom is -0.454 e. The van der Waals surface area contributed by atoms with Crippen molar-refractivity contribution < 1.29 is 14.3 Å². The van der Waals surface area contributed by atoms with Crippen LogP contribution in [-0.4, -0.2) is 51.9 Å². The first kappa shape index (κ1) is 16.6. The van der Waals surface area contributed by atoms with Gasteiger partial charge in [0.25, 0.3) is 0 Å². The normalized spacial score (nSPS) is 22.1. The van der Waals surface area contributed by atoms with E-state index in [1.165, 1.54) is 11.3 Å². The van der Waals surface area contributed by atoms with Crippen molar-refractivity contribution in [2.24, 2.45) is 5.92 Å². The molecule has 2 aromatic rings. The molecule has 3 aliphatic heterocycles. The molecule has 4 heterocycles. The molecule has 7 heteroatoms. The maximum Gasteiger partial charge on any atom is 0.231 e. The Labute approximate surface area is 158 Å². The number of rotatable bonds is 4. The topological polar surface area (TPSA) is 59.8 Å². The Kier molecular flexibility index (Phi) is 4.24. The molecule has 3 aliphatic rings. The number of aromatic nitrogens is 2. The molecule has 142 valence electrons. The van der Waals surface area contributed by atoms with Crippen LogP contribution in [0, 0.1) is 5.92 Å². The predicted octanol–water partition coefficient (Wildman–Crippen LogP) is 1.87. The van der Waals surface area contributed by atoms with Gasteiger partial charge >= 0.3 is 0 Å². The predicted molar refractivity (Wildman–Crippen MR) is 98.2 cm³/mol. The van der Waals surface area contributed by atoms with Gasteiger partial charge in [0.2, 0.25) is 12.7 Å². The van der Waals surface area contributed by atoms with E-state index in [0.29, 0.717) is 25.0 Å². The quantitative estimate of drug-likeness (QED) is 0.825. The van der Waals surface area contributed by atoms with Gasteiger partial charge in [-0.3, -0.25) is 14.4 Å². The number of likely N-dealkylation sites (tertiary alicyclic amines) is 1. The van der Waals surface area contributed by atoms with Gasteiger partial charge in [-0.2, -0.15) is 5.10 Å². The minimum absolute atomic E-state index is 0.294. The highest BCUT2D eigenvalue weighted by molar-refractivity contribution is 5.78. The van der Waals surface area contributed by atoms with Crippen LogP contribution in [0.5, 0.6) is 11.5 Å². The number of ether oxygens (including phenoxy) is 2. The van der Waals surface area contributed by atoms with E-state index < -0.39 is 0 Å². The lowest BCUT2D eigenvalue weighted by Gasteiger charge is -2.27. The van der Waals surface area contributed by atoms with Crippen LogP contribution in [0.2, 0.25) is 0 Å². The summed E-state index contributed by atoms with van der Waals surface area (Å²) in [4.78, 5) is 16.5. The van der Waals surface area contributed by atoms with Gasteiger partial charge in [-0.15, -0.1) is 0 Å². The lowest BCUT2D eigenvalue weighted by Crippen LogP contribution is -2.37. The second-order valence-electron chi connectivity index (χ2n) is 7.67. The number of nitrogens with zero attached hydrogens (tertiary/aromatic N) is 4. The average molecular weight is 368 g/mol. The molecule has 1 aromatic carbocycles. The van der Waals surface area contributed by atoms with Crippen molar-refractivity contribution in [2.75, 3.05) is 26.4 Å². The summed E-state index contributed by atoms with van der Waals surface area (Å²) in [6.45, 7) is 5.52. The largest absolute Gasteiger partial charge is 0.454 e. The van der Waals surface area contributed by atoms with E-state index in [1.807, 2.05) is 17.2 Å². The number of fused-ring (bicyclic) bond motifs is 2. The highest BCUT2D eigenvalue weighted by atomic mass is 16.7. The SMILES string of the molecule is O=C1CCCN1CC1CN(Cc2ccc3c(c2)OCO3)Cc2ccnn2C1. The van der Waals surface area contributed by atoms with E-state index in [-0.39, 0.29) is 0 Å². The molecule has 0 saturated carbocycles. The zero-order valence-corrected chi connectivity index (χ0v) is 15.3.